The standard InChI is InChI=1S/C19H24N2O2.ClH/c1-15(20)7-12-19(22)21-13-16-8-10-18(11-9-16)23-14-17-5-3-2-4-6-17;/h2-6,8-11,15H,7,12-14,20H2,1H3,(H,21,22);1H. The van der Waals surface area contributed by atoms with Gasteiger partial charge in [0.2, 0.25) is 5.91 Å². The summed E-state index contributed by atoms with van der Waals surface area (Å²) >= 11 is 0. The van der Waals surface area contributed by atoms with Gasteiger partial charge in [-0.1, -0.05) is 42.5 Å². The van der Waals surface area contributed by atoms with Crippen LogP contribution in [0.2, 0.25) is 0 Å². The van der Waals surface area contributed by atoms with E-state index in [4.69, 9.17) is 10.5 Å². The Morgan fingerprint density at radius 1 is 1.08 bits per heavy atom. The second-order valence-corrected chi connectivity index (χ2v) is 5.71. The first kappa shape index (κ1) is 20.0. The van der Waals surface area contributed by atoms with Crippen LogP contribution in [0.5, 0.6) is 5.75 Å². The smallest absolute Gasteiger partial charge is 0.220 e. The van der Waals surface area contributed by atoms with Crippen LogP contribution in [0, 0.1) is 0 Å². The van der Waals surface area contributed by atoms with E-state index in [1.807, 2.05) is 61.5 Å². The van der Waals surface area contributed by atoms with Crippen molar-refractivity contribution in [2.75, 3.05) is 0 Å². The third kappa shape index (κ3) is 7.49. The number of ether oxygens (including phenoxy) is 1. The molecule has 5 heteroatoms. The molecule has 130 valence electrons. The van der Waals surface area contributed by atoms with Gasteiger partial charge in [0.05, 0.1) is 0 Å². The highest BCUT2D eigenvalue weighted by Gasteiger charge is 2.03. The molecule has 0 bridgehead atoms. The van der Waals surface area contributed by atoms with Crippen molar-refractivity contribution in [2.24, 2.45) is 5.73 Å². The number of halogens is 1. The Labute approximate surface area is 149 Å². The van der Waals surface area contributed by atoms with Crippen LogP contribution in [0.4, 0.5) is 0 Å². The number of nitrogens with one attached hydrogen (secondary N) is 1. The van der Waals surface area contributed by atoms with Crippen LogP contribution in [0.15, 0.2) is 54.6 Å². The summed E-state index contributed by atoms with van der Waals surface area (Å²) in [5.41, 5.74) is 7.83. The normalized spacial score (nSPS) is 11.2. The lowest BCUT2D eigenvalue weighted by molar-refractivity contribution is -0.121. The van der Waals surface area contributed by atoms with Crippen LogP contribution in [0.25, 0.3) is 0 Å². The van der Waals surface area contributed by atoms with Gasteiger partial charge in [-0.2, -0.15) is 0 Å². The number of amides is 1. The second-order valence-electron chi connectivity index (χ2n) is 5.71. The fourth-order valence-electron chi connectivity index (χ4n) is 2.09. The maximum atomic E-state index is 11.7. The van der Waals surface area contributed by atoms with Crippen molar-refractivity contribution in [1.82, 2.24) is 5.32 Å². The van der Waals surface area contributed by atoms with E-state index in [1.165, 1.54) is 0 Å². The molecule has 0 fully saturated rings. The molecule has 0 aliphatic rings. The molecule has 0 saturated carbocycles. The van der Waals surface area contributed by atoms with Gasteiger partial charge in [0.15, 0.2) is 0 Å². The molecule has 1 amide bonds. The van der Waals surface area contributed by atoms with E-state index in [1.54, 1.807) is 0 Å². The van der Waals surface area contributed by atoms with Crippen molar-refractivity contribution in [1.29, 1.82) is 0 Å². The van der Waals surface area contributed by atoms with Crippen LogP contribution in [-0.2, 0) is 17.9 Å². The molecule has 0 radical (unpaired) electrons. The number of carbonyl (C=O) groups is 1. The van der Waals surface area contributed by atoms with Gasteiger partial charge >= 0.3 is 0 Å². The molecule has 4 nitrogen and oxygen atoms in total. The summed E-state index contributed by atoms with van der Waals surface area (Å²) < 4.78 is 5.74. The summed E-state index contributed by atoms with van der Waals surface area (Å²) in [6, 6.07) is 17.9. The van der Waals surface area contributed by atoms with E-state index in [-0.39, 0.29) is 24.4 Å². The average molecular weight is 349 g/mol. The lowest BCUT2D eigenvalue weighted by Crippen LogP contribution is -2.25. The van der Waals surface area contributed by atoms with Crippen LogP contribution in [-0.4, -0.2) is 11.9 Å². The summed E-state index contributed by atoms with van der Waals surface area (Å²) in [4.78, 5) is 11.7. The zero-order valence-corrected chi connectivity index (χ0v) is 14.7. The first-order chi connectivity index (χ1) is 11.1. The SMILES string of the molecule is CC(N)CCC(=O)NCc1ccc(OCc2ccccc2)cc1.Cl. The first-order valence-corrected chi connectivity index (χ1v) is 7.91. The van der Waals surface area contributed by atoms with Gasteiger partial charge in [-0.3, -0.25) is 4.79 Å². The van der Waals surface area contributed by atoms with Crippen LogP contribution < -0.4 is 15.8 Å². The van der Waals surface area contributed by atoms with Gasteiger partial charge in [0.25, 0.3) is 0 Å². The zero-order valence-electron chi connectivity index (χ0n) is 13.9. The van der Waals surface area contributed by atoms with Gasteiger partial charge in [0.1, 0.15) is 12.4 Å². The highest BCUT2D eigenvalue weighted by molar-refractivity contribution is 5.85. The highest BCUT2D eigenvalue weighted by atomic mass is 35.5. The van der Waals surface area contributed by atoms with Gasteiger partial charge < -0.3 is 15.8 Å². The molecule has 1 unspecified atom stereocenters. The predicted octanol–water partition coefficient (Wildman–Crippen LogP) is 3.43. The Balaban J connectivity index is 0.00000288. The Kier molecular flexibility index (Phi) is 8.90. The Bertz CT molecular complexity index is 601. The zero-order chi connectivity index (χ0) is 16.5. The number of hydrogen-bond acceptors (Lipinski definition) is 3. The van der Waals surface area contributed by atoms with Crippen molar-refractivity contribution >= 4 is 18.3 Å². The molecule has 2 aromatic rings. The summed E-state index contributed by atoms with van der Waals surface area (Å²) in [5.74, 6) is 0.854. The van der Waals surface area contributed by atoms with Crippen molar-refractivity contribution in [2.45, 2.75) is 39.0 Å². The second kappa shape index (κ2) is 10.7. The molecular formula is C19H25ClN2O2. The van der Waals surface area contributed by atoms with Crippen LogP contribution in [0.3, 0.4) is 0 Å². The lowest BCUT2D eigenvalue weighted by Gasteiger charge is -2.09. The predicted molar refractivity (Wildman–Crippen MR) is 99.2 cm³/mol. The highest BCUT2D eigenvalue weighted by Crippen LogP contribution is 2.14. The van der Waals surface area contributed by atoms with Crippen LogP contribution in [0.1, 0.15) is 30.9 Å². The number of hydrogen-bond donors (Lipinski definition) is 2. The van der Waals surface area contributed by atoms with E-state index in [2.05, 4.69) is 5.32 Å². The van der Waals surface area contributed by atoms with Gasteiger partial charge in [0, 0.05) is 19.0 Å². The minimum atomic E-state index is 0. The topological polar surface area (TPSA) is 64.4 Å². The monoisotopic (exact) mass is 348 g/mol. The maximum absolute atomic E-state index is 11.7. The largest absolute Gasteiger partial charge is 0.489 e. The quantitative estimate of drug-likeness (QED) is 0.768. The number of benzene rings is 2. The van der Waals surface area contributed by atoms with Gasteiger partial charge in [-0.25, -0.2) is 0 Å². The number of carbonyl (C=O) groups excluding carboxylic acids is 1. The fraction of sp³-hybridized carbons (Fsp3) is 0.316. The molecular weight excluding hydrogens is 324 g/mol. The minimum Gasteiger partial charge on any atom is -0.489 e. The molecule has 0 aromatic heterocycles. The van der Waals surface area contributed by atoms with Crippen molar-refractivity contribution in [3.63, 3.8) is 0 Å². The molecule has 0 saturated heterocycles. The van der Waals surface area contributed by atoms with Crippen molar-refractivity contribution in [3.8, 4) is 5.75 Å². The average Bonchev–Trinajstić information content (AvgIpc) is 2.58. The van der Waals surface area contributed by atoms with Crippen LogP contribution >= 0.6 is 12.4 Å². The Morgan fingerprint density at radius 2 is 1.75 bits per heavy atom. The molecule has 0 aliphatic carbocycles. The summed E-state index contributed by atoms with van der Waals surface area (Å²) in [7, 11) is 0. The third-order valence-electron chi connectivity index (χ3n) is 3.49. The molecule has 3 N–H and O–H groups in total. The van der Waals surface area contributed by atoms with Crippen molar-refractivity contribution in [3.05, 3.63) is 65.7 Å². The van der Waals surface area contributed by atoms with Gasteiger partial charge in [-0.15, -0.1) is 12.4 Å². The Hall–Kier alpha value is -2.04. The van der Waals surface area contributed by atoms with Crippen molar-refractivity contribution < 1.29 is 9.53 Å². The number of rotatable bonds is 8. The molecule has 2 aromatic carbocycles. The van der Waals surface area contributed by atoms with E-state index in [0.717, 1.165) is 16.9 Å². The third-order valence-corrected chi connectivity index (χ3v) is 3.49. The van der Waals surface area contributed by atoms with Gasteiger partial charge in [-0.05, 0) is 36.6 Å². The molecule has 1 atom stereocenters. The first-order valence-electron chi connectivity index (χ1n) is 7.91. The van der Waals surface area contributed by atoms with E-state index >= 15 is 0 Å². The summed E-state index contributed by atoms with van der Waals surface area (Å²) in [6.45, 7) is 2.98. The maximum Gasteiger partial charge on any atom is 0.220 e. The Morgan fingerprint density at radius 3 is 2.38 bits per heavy atom. The molecule has 0 spiro atoms. The van der Waals surface area contributed by atoms with E-state index < -0.39 is 0 Å². The number of nitrogens with two attached hydrogens (primary N) is 1. The molecule has 2 rings (SSSR count). The summed E-state index contributed by atoms with van der Waals surface area (Å²) in [6.07, 6.45) is 1.17. The lowest BCUT2D eigenvalue weighted by atomic mass is 10.2. The van der Waals surface area contributed by atoms with E-state index in [0.29, 0.717) is 26.0 Å². The summed E-state index contributed by atoms with van der Waals surface area (Å²) in [5, 5.41) is 2.90. The van der Waals surface area contributed by atoms with E-state index in [9.17, 15) is 4.79 Å². The molecule has 0 aliphatic heterocycles. The molecule has 0 heterocycles. The molecule has 24 heavy (non-hydrogen) atoms. The fourth-order valence-corrected chi connectivity index (χ4v) is 2.09. The minimum absolute atomic E-state index is 0.